The molecule has 0 aliphatic carbocycles. The highest BCUT2D eigenvalue weighted by atomic mass is 32.1. The highest BCUT2D eigenvalue weighted by Crippen LogP contribution is 2.36. The second kappa shape index (κ2) is 8.32. The molecule has 150 valence electrons. The van der Waals surface area contributed by atoms with Gasteiger partial charge < -0.3 is 21.3 Å². The zero-order valence-corrected chi connectivity index (χ0v) is 17.3. The van der Waals surface area contributed by atoms with Crippen molar-refractivity contribution in [2.75, 3.05) is 29.6 Å². The van der Waals surface area contributed by atoms with E-state index in [0.29, 0.717) is 15.6 Å². The summed E-state index contributed by atoms with van der Waals surface area (Å²) in [4.78, 5) is 33.2. The van der Waals surface area contributed by atoms with E-state index in [0.717, 1.165) is 22.7 Å². The van der Waals surface area contributed by atoms with Crippen molar-refractivity contribution in [3.8, 4) is 0 Å². The predicted molar refractivity (Wildman–Crippen MR) is 118 cm³/mol. The molecule has 0 radical (unpaired) electrons. The number of aromatic nitrogens is 1. The highest BCUT2D eigenvalue weighted by Gasteiger charge is 2.27. The summed E-state index contributed by atoms with van der Waals surface area (Å²) in [6.45, 7) is 1.69. The minimum absolute atomic E-state index is 0.130. The Labute approximate surface area is 173 Å². The van der Waals surface area contributed by atoms with Crippen molar-refractivity contribution in [1.82, 2.24) is 4.98 Å². The lowest BCUT2D eigenvalue weighted by Gasteiger charge is -2.27. The van der Waals surface area contributed by atoms with E-state index in [1.54, 1.807) is 36.1 Å². The third-order valence-corrected chi connectivity index (χ3v) is 5.60. The van der Waals surface area contributed by atoms with Crippen LogP contribution < -0.4 is 21.3 Å². The zero-order chi connectivity index (χ0) is 21.1. The summed E-state index contributed by atoms with van der Waals surface area (Å²) in [6.07, 6.45) is 0. The van der Waals surface area contributed by atoms with E-state index in [-0.39, 0.29) is 11.6 Å². The number of hydrogen-bond donors (Lipinski definition) is 2. The van der Waals surface area contributed by atoms with Crippen molar-refractivity contribution >= 4 is 45.4 Å². The molecule has 0 bridgehead atoms. The van der Waals surface area contributed by atoms with Crippen LogP contribution in [0.3, 0.4) is 0 Å². The Kier molecular flexibility index (Phi) is 5.84. The molecule has 0 fully saturated rings. The number of benzene rings is 2. The van der Waals surface area contributed by atoms with Gasteiger partial charge in [-0.1, -0.05) is 41.7 Å². The molecule has 1 aromatic heterocycles. The summed E-state index contributed by atoms with van der Waals surface area (Å²) in [6, 6.07) is 15.8. The number of anilines is 4. The van der Waals surface area contributed by atoms with E-state index in [2.05, 4.69) is 4.98 Å². The van der Waals surface area contributed by atoms with Crippen LogP contribution in [0.5, 0.6) is 0 Å². The fourth-order valence-corrected chi connectivity index (χ4v) is 3.89. The molecule has 1 unspecified atom stereocenters. The molecule has 8 heteroatoms. The van der Waals surface area contributed by atoms with Crippen molar-refractivity contribution in [3.05, 3.63) is 65.0 Å². The van der Waals surface area contributed by atoms with Gasteiger partial charge in [0.1, 0.15) is 16.7 Å². The molecular formula is C21H23N5O2S. The van der Waals surface area contributed by atoms with Gasteiger partial charge in [-0.25, -0.2) is 4.98 Å². The average molecular weight is 410 g/mol. The van der Waals surface area contributed by atoms with Gasteiger partial charge in [-0.05, 0) is 31.2 Å². The molecule has 1 amide bonds. The van der Waals surface area contributed by atoms with Crippen LogP contribution in [0.2, 0.25) is 0 Å². The first-order chi connectivity index (χ1) is 13.8. The SMILES string of the molecule is CC(C(N)=O)N(c1ccc(N(C)C)cc1)c1nc(N)c(C(=O)c2ccccc2)s1. The zero-order valence-electron chi connectivity index (χ0n) is 16.5. The van der Waals surface area contributed by atoms with E-state index in [1.807, 2.05) is 49.3 Å². The van der Waals surface area contributed by atoms with Crippen LogP contribution in [0.25, 0.3) is 0 Å². The predicted octanol–water partition coefficient (Wildman–Crippen LogP) is 3.03. The third kappa shape index (κ3) is 4.22. The number of nitrogens with two attached hydrogens (primary N) is 2. The first-order valence-electron chi connectivity index (χ1n) is 9.01. The fourth-order valence-electron chi connectivity index (χ4n) is 2.84. The number of carbonyl (C=O) groups excluding carboxylic acids is 2. The number of amides is 1. The second-order valence-electron chi connectivity index (χ2n) is 6.77. The van der Waals surface area contributed by atoms with Crippen LogP contribution in [0.15, 0.2) is 54.6 Å². The number of ketones is 1. The van der Waals surface area contributed by atoms with E-state index in [1.165, 1.54) is 0 Å². The Morgan fingerprint density at radius 3 is 2.14 bits per heavy atom. The summed E-state index contributed by atoms with van der Waals surface area (Å²) in [7, 11) is 3.89. The Morgan fingerprint density at radius 2 is 1.59 bits per heavy atom. The topological polar surface area (TPSA) is 106 Å². The largest absolute Gasteiger partial charge is 0.382 e. The van der Waals surface area contributed by atoms with Crippen molar-refractivity contribution in [1.29, 1.82) is 0 Å². The van der Waals surface area contributed by atoms with Crippen molar-refractivity contribution in [2.45, 2.75) is 13.0 Å². The maximum atomic E-state index is 12.8. The average Bonchev–Trinajstić information content (AvgIpc) is 3.09. The molecule has 2 aromatic carbocycles. The van der Waals surface area contributed by atoms with Gasteiger partial charge in [0.25, 0.3) is 0 Å². The van der Waals surface area contributed by atoms with Gasteiger partial charge in [-0.2, -0.15) is 0 Å². The van der Waals surface area contributed by atoms with Gasteiger partial charge in [0.05, 0.1) is 0 Å². The van der Waals surface area contributed by atoms with Crippen molar-refractivity contribution in [3.63, 3.8) is 0 Å². The number of carbonyl (C=O) groups is 2. The lowest BCUT2D eigenvalue weighted by Crippen LogP contribution is -2.39. The minimum atomic E-state index is -0.676. The molecule has 29 heavy (non-hydrogen) atoms. The van der Waals surface area contributed by atoms with Crippen LogP contribution in [-0.2, 0) is 4.79 Å². The molecule has 0 saturated carbocycles. The molecule has 7 nitrogen and oxygen atoms in total. The van der Waals surface area contributed by atoms with Crippen LogP contribution in [0.4, 0.5) is 22.3 Å². The lowest BCUT2D eigenvalue weighted by atomic mass is 10.1. The number of rotatable bonds is 7. The second-order valence-corrected chi connectivity index (χ2v) is 7.74. The van der Waals surface area contributed by atoms with Gasteiger partial charge in [-0.3, -0.25) is 9.59 Å². The number of nitrogen functional groups attached to an aromatic ring is 1. The van der Waals surface area contributed by atoms with E-state index in [9.17, 15) is 9.59 Å². The Morgan fingerprint density at radius 1 is 1.00 bits per heavy atom. The van der Waals surface area contributed by atoms with E-state index >= 15 is 0 Å². The van der Waals surface area contributed by atoms with Crippen LogP contribution in [0.1, 0.15) is 22.2 Å². The minimum Gasteiger partial charge on any atom is -0.382 e. The lowest BCUT2D eigenvalue weighted by molar-refractivity contribution is -0.118. The first kappa shape index (κ1) is 20.3. The van der Waals surface area contributed by atoms with Crippen molar-refractivity contribution < 1.29 is 9.59 Å². The fraction of sp³-hybridized carbons (Fsp3) is 0.190. The number of hydrogen-bond acceptors (Lipinski definition) is 7. The molecule has 0 spiro atoms. The summed E-state index contributed by atoms with van der Waals surface area (Å²) >= 11 is 1.14. The standard InChI is InChI=1S/C21H23N5O2S/c1-13(20(23)28)26(16-11-9-15(10-12-16)25(2)3)21-24-19(22)18(29-21)17(27)14-7-5-4-6-8-14/h4-13H,22H2,1-3H3,(H2,23,28). The van der Waals surface area contributed by atoms with E-state index in [4.69, 9.17) is 11.5 Å². The summed E-state index contributed by atoms with van der Waals surface area (Å²) in [5.74, 6) is -0.585. The molecule has 3 aromatic rings. The Balaban J connectivity index is 2.03. The number of primary amides is 1. The smallest absolute Gasteiger partial charge is 0.240 e. The molecule has 0 aliphatic rings. The molecule has 3 rings (SSSR count). The number of nitrogens with zero attached hydrogens (tertiary/aromatic N) is 3. The van der Waals surface area contributed by atoms with Crippen LogP contribution in [-0.4, -0.2) is 36.8 Å². The first-order valence-corrected chi connectivity index (χ1v) is 9.83. The van der Waals surface area contributed by atoms with Crippen LogP contribution in [0, 0.1) is 0 Å². The third-order valence-electron chi connectivity index (χ3n) is 4.53. The maximum Gasteiger partial charge on any atom is 0.240 e. The highest BCUT2D eigenvalue weighted by molar-refractivity contribution is 7.18. The van der Waals surface area contributed by atoms with Gasteiger partial charge in [0, 0.05) is 31.0 Å². The number of thiazole rings is 1. The summed E-state index contributed by atoms with van der Waals surface area (Å²) in [5, 5.41) is 0.436. The van der Waals surface area contributed by atoms with Gasteiger partial charge in [0.15, 0.2) is 5.13 Å². The summed E-state index contributed by atoms with van der Waals surface area (Å²) in [5.41, 5.74) is 13.9. The quantitative estimate of drug-likeness (QED) is 0.581. The van der Waals surface area contributed by atoms with Gasteiger partial charge >= 0.3 is 0 Å². The monoisotopic (exact) mass is 409 g/mol. The maximum absolute atomic E-state index is 12.8. The normalized spacial score (nSPS) is 11.7. The van der Waals surface area contributed by atoms with Crippen molar-refractivity contribution in [2.24, 2.45) is 5.73 Å². The summed E-state index contributed by atoms with van der Waals surface area (Å²) < 4.78 is 0. The molecule has 0 saturated heterocycles. The molecule has 0 aliphatic heterocycles. The Hall–Kier alpha value is -3.39. The molecule has 1 atom stereocenters. The molecular weight excluding hydrogens is 386 g/mol. The Bertz CT molecular complexity index is 1020. The molecule has 4 N–H and O–H groups in total. The molecule has 1 heterocycles. The van der Waals surface area contributed by atoms with Gasteiger partial charge in [-0.15, -0.1) is 0 Å². The van der Waals surface area contributed by atoms with Gasteiger partial charge in [0.2, 0.25) is 11.7 Å². The van der Waals surface area contributed by atoms with E-state index < -0.39 is 11.9 Å². The van der Waals surface area contributed by atoms with Crippen LogP contribution >= 0.6 is 11.3 Å².